The molecule has 2 nitrogen and oxygen atoms in total. The number of thioether (sulfide) groups is 1. The standard InChI is InChI=1S/C10H23NOS/c1-5-10(11-6-2)7-13-9(4)8(3)12/h8-12H,5-7H2,1-4H3. The topological polar surface area (TPSA) is 32.3 Å². The number of nitrogens with one attached hydrogen (secondary N) is 1. The number of aliphatic hydroxyl groups is 1. The summed E-state index contributed by atoms with van der Waals surface area (Å²) in [5, 5.41) is 13.1. The van der Waals surface area contributed by atoms with Gasteiger partial charge in [0.15, 0.2) is 0 Å². The summed E-state index contributed by atoms with van der Waals surface area (Å²) in [6.07, 6.45) is 0.956. The minimum atomic E-state index is -0.205. The van der Waals surface area contributed by atoms with Gasteiger partial charge in [0.05, 0.1) is 6.10 Å². The molecule has 0 aromatic heterocycles. The van der Waals surface area contributed by atoms with Crippen LogP contribution in [0.2, 0.25) is 0 Å². The smallest absolute Gasteiger partial charge is 0.0628 e. The first-order valence-corrected chi connectivity index (χ1v) is 6.19. The van der Waals surface area contributed by atoms with Crippen LogP contribution >= 0.6 is 11.8 Å². The molecule has 0 aromatic carbocycles. The molecule has 0 heterocycles. The molecule has 0 amide bonds. The second-order valence-electron chi connectivity index (χ2n) is 3.44. The van der Waals surface area contributed by atoms with E-state index < -0.39 is 0 Å². The third kappa shape index (κ3) is 6.36. The van der Waals surface area contributed by atoms with Gasteiger partial charge in [0.25, 0.3) is 0 Å². The summed E-state index contributed by atoms with van der Waals surface area (Å²) in [4.78, 5) is 0. The van der Waals surface area contributed by atoms with Gasteiger partial charge < -0.3 is 10.4 Å². The molecule has 3 atom stereocenters. The van der Waals surface area contributed by atoms with Gasteiger partial charge in [0.2, 0.25) is 0 Å². The molecule has 0 radical (unpaired) electrons. The highest BCUT2D eigenvalue weighted by Crippen LogP contribution is 2.16. The number of hydrogen-bond acceptors (Lipinski definition) is 3. The SMILES string of the molecule is CCNC(CC)CSC(C)C(C)O. The molecule has 2 N–H and O–H groups in total. The Hall–Kier alpha value is 0.270. The van der Waals surface area contributed by atoms with Crippen molar-refractivity contribution < 1.29 is 5.11 Å². The van der Waals surface area contributed by atoms with Gasteiger partial charge in [-0.1, -0.05) is 20.8 Å². The molecule has 0 rings (SSSR count). The van der Waals surface area contributed by atoms with Crippen LogP contribution in [0.1, 0.15) is 34.1 Å². The number of aliphatic hydroxyl groups excluding tert-OH is 1. The third-order valence-electron chi connectivity index (χ3n) is 2.23. The molecule has 0 saturated heterocycles. The van der Waals surface area contributed by atoms with E-state index in [1.165, 1.54) is 0 Å². The molecule has 0 aliphatic carbocycles. The predicted molar refractivity (Wildman–Crippen MR) is 61.4 cm³/mol. The zero-order valence-corrected chi connectivity index (χ0v) is 10.0. The first-order valence-electron chi connectivity index (χ1n) is 5.14. The van der Waals surface area contributed by atoms with Gasteiger partial charge in [-0.2, -0.15) is 11.8 Å². The summed E-state index contributed by atoms with van der Waals surface area (Å²) in [5.74, 6) is 1.09. The van der Waals surface area contributed by atoms with Crippen LogP contribution in [-0.4, -0.2) is 34.8 Å². The van der Waals surface area contributed by atoms with Crippen molar-refractivity contribution in [2.45, 2.75) is 51.5 Å². The van der Waals surface area contributed by atoms with Gasteiger partial charge in [-0.15, -0.1) is 0 Å². The lowest BCUT2D eigenvalue weighted by molar-refractivity contribution is 0.196. The maximum atomic E-state index is 9.30. The van der Waals surface area contributed by atoms with Crippen molar-refractivity contribution in [3.63, 3.8) is 0 Å². The zero-order valence-electron chi connectivity index (χ0n) is 9.21. The maximum Gasteiger partial charge on any atom is 0.0628 e. The first kappa shape index (κ1) is 13.3. The highest BCUT2D eigenvalue weighted by atomic mass is 32.2. The van der Waals surface area contributed by atoms with Gasteiger partial charge in [-0.25, -0.2) is 0 Å². The maximum absolute atomic E-state index is 9.30. The van der Waals surface area contributed by atoms with E-state index in [4.69, 9.17) is 0 Å². The molecular formula is C10H23NOS. The quantitative estimate of drug-likeness (QED) is 0.665. The lowest BCUT2D eigenvalue weighted by atomic mass is 10.2. The fourth-order valence-corrected chi connectivity index (χ4v) is 2.18. The van der Waals surface area contributed by atoms with Crippen LogP contribution in [-0.2, 0) is 0 Å². The Bertz CT molecular complexity index is 119. The molecule has 0 bridgehead atoms. The van der Waals surface area contributed by atoms with E-state index in [0.717, 1.165) is 18.7 Å². The third-order valence-corrected chi connectivity index (χ3v) is 3.74. The van der Waals surface area contributed by atoms with Gasteiger partial charge >= 0.3 is 0 Å². The van der Waals surface area contributed by atoms with Crippen LogP contribution in [0.4, 0.5) is 0 Å². The van der Waals surface area contributed by atoms with Gasteiger partial charge in [-0.05, 0) is 19.9 Å². The van der Waals surface area contributed by atoms with Crippen LogP contribution in [0, 0.1) is 0 Å². The van der Waals surface area contributed by atoms with E-state index in [0.29, 0.717) is 11.3 Å². The van der Waals surface area contributed by atoms with Crippen LogP contribution in [0.25, 0.3) is 0 Å². The fourth-order valence-electron chi connectivity index (χ4n) is 1.02. The molecule has 80 valence electrons. The fraction of sp³-hybridized carbons (Fsp3) is 1.00. The highest BCUT2D eigenvalue weighted by Gasteiger charge is 2.11. The van der Waals surface area contributed by atoms with Crippen molar-refractivity contribution in [3.8, 4) is 0 Å². The molecule has 0 saturated carbocycles. The summed E-state index contributed by atoms with van der Waals surface area (Å²) in [5.41, 5.74) is 0. The number of rotatable bonds is 7. The second kappa shape index (κ2) is 7.65. The van der Waals surface area contributed by atoms with E-state index in [1.807, 2.05) is 18.7 Å². The second-order valence-corrected chi connectivity index (χ2v) is 4.85. The Morgan fingerprint density at radius 2 is 1.92 bits per heavy atom. The van der Waals surface area contributed by atoms with E-state index >= 15 is 0 Å². The van der Waals surface area contributed by atoms with Crippen molar-refractivity contribution in [2.75, 3.05) is 12.3 Å². The van der Waals surface area contributed by atoms with E-state index in [-0.39, 0.29) is 6.10 Å². The van der Waals surface area contributed by atoms with Crippen molar-refractivity contribution in [2.24, 2.45) is 0 Å². The Labute approximate surface area is 86.5 Å². The molecule has 0 spiro atoms. The lowest BCUT2D eigenvalue weighted by Gasteiger charge is -2.19. The predicted octanol–water partition coefficient (Wildman–Crippen LogP) is 1.88. The van der Waals surface area contributed by atoms with Crippen molar-refractivity contribution in [3.05, 3.63) is 0 Å². The molecule has 0 aliphatic heterocycles. The van der Waals surface area contributed by atoms with Gasteiger partial charge in [0, 0.05) is 17.0 Å². The van der Waals surface area contributed by atoms with Crippen LogP contribution < -0.4 is 5.32 Å². The molecular weight excluding hydrogens is 182 g/mol. The minimum absolute atomic E-state index is 0.205. The largest absolute Gasteiger partial charge is 0.392 e. The number of hydrogen-bond donors (Lipinski definition) is 2. The Balaban J connectivity index is 3.58. The van der Waals surface area contributed by atoms with Crippen molar-refractivity contribution >= 4 is 11.8 Å². The molecule has 0 aromatic rings. The molecule has 3 unspecified atom stereocenters. The summed E-state index contributed by atoms with van der Waals surface area (Å²) < 4.78 is 0. The Morgan fingerprint density at radius 3 is 2.31 bits per heavy atom. The summed E-state index contributed by atoms with van der Waals surface area (Å²) >= 11 is 1.84. The minimum Gasteiger partial charge on any atom is -0.392 e. The van der Waals surface area contributed by atoms with Gasteiger partial charge in [-0.3, -0.25) is 0 Å². The molecule has 0 fully saturated rings. The van der Waals surface area contributed by atoms with Crippen molar-refractivity contribution in [1.29, 1.82) is 0 Å². The zero-order chi connectivity index (χ0) is 10.3. The molecule has 0 aliphatic rings. The average molecular weight is 205 g/mol. The molecule has 3 heteroatoms. The summed E-state index contributed by atoms with van der Waals surface area (Å²) in [6.45, 7) is 9.29. The van der Waals surface area contributed by atoms with Gasteiger partial charge in [0.1, 0.15) is 0 Å². The van der Waals surface area contributed by atoms with E-state index in [1.54, 1.807) is 0 Å². The summed E-state index contributed by atoms with van der Waals surface area (Å²) in [7, 11) is 0. The Kier molecular flexibility index (Phi) is 7.81. The average Bonchev–Trinajstić information content (AvgIpc) is 2.11. The normalized spacial score (nSPS) is 18.2. The Morgan fingerprint density at radius 1 is 1.31 bits per heavy atom. The highest BCUT2D eigenvalue weighted by molar-refractivity contribution is 7.99. The van der Waals surface area contributed by atoms with Crippen LogP contribution in [0.15, 0.2) is 0 Å². The monoisotopic (exact) mass is 205 g/mol. The van der Waals surface area contributed by atoms with Crippen LogP contribution in [0.5, 0.6) is 0 Å². The first-order chi connectivity index (χ1) is 6.11. The lowest BCUT2D eigenvalue weighted by Crippen LogP contribution is -2.31. The van der Waals surface area contributed by atoms with Crippen LogP contribution in [0.3, 0.4) is 0 Å². The summed E-state index contributed by atoms with van der Waals surface area (Å²) in [6, 6.07) is 0.594. The van der Waals surface area contributed by atoms with E-state index in [2.05, 4.69) is 26.1 Å². The van der Waals surface area contributed by atoms with Crippen molar-refractivity contribution in [1.82, 2.24) is 5.32 Å². The molecule has 13 heavy (non-hydrogen) atoms. The van der Waals surface area contributed by atoms with E-state index in [9.17, 15) is 5.11 Å².